The topological polar surface area (TPSA) is 93.4 Å². The number of nitrogens with zero attached hydrogens (tertiary/aromatic N) is 5. The van der Waals surface area contributed by atoms with Gasteiger partial charge in [0.1, 0.15) is 17.4 Å². The minimum absolute atomic E-state index is 0.0808. The van der Waals surface area contributed by atoms with Gasteiger partial charge in [-0.2, -0.15) is 4.98 Å². The van der Waals surface area contributed by atoms with Crippen molar-refractivity contribution in [2.45, 2.75) is 31.4 Å². The predicted octanol–water partition coefficient (Wildman–Crippen LogP) is 1.66. The van der Waals surface area contributed by atoms with E-state index in [4.69, 9.17) is 14.5 Å². The van der Waals surface area contributed by atoms with Gasteiger partial charge in [-0.25, -0.2) is 9.31 Å². The van der Waals surface area contributed by atoms with Crippen molar-refractivity contribution < 1.29 is 14.3 Å². The van der Waals surface area contributed by atoms with Gasteiger partial charge >= 0.3 is 5.97 Å². The Balaban J connectivity index is 1.48. The number of aliphatic imine (C=N–C) groups is 1. The molecule has 1 saturated heterocycles. The largest absolute Gasteiger partial charge is 0.467 e. The number of carbonyl (C=O) groups is 1. The number of carbonyl (C=O) groups excluding carboxylic acids is 1. The number of hydrogen-bond donors (Lipinski definition) is 1. The lowest BCUT2D eigenvalue weighted by molar-refractivity contribution is -0.142. The van der Waals surface area contributed by atoms with E-state index >= 15 is 0 Å². The molecule has 2 aromatic heterocycles. The molecule has 9 heteroatoms. The molecule has 2 atom stereocenters. The van der Waals surface area contributed by atoms with Crippen LogP contribution in [-0.2, 0) is 14.3 Å². The first-order valence-electron chi connectivity index (χ1n) is 9.91. The third kappa shape index (κ3) is 3.35. The van der Waals surface area contributed by atoms with Gasteiger partial charge in [0, 0.05) is 26.3 Å². The minimum atomic E-state index is -0.476. The van der Waals surface area contributed by atoms with Crippen LogP contribution in [0.2, 0.25) is 0 Å². The fraction of sp³-hybridized carbons (Fsp3) is 0.500. The smallest absolute Gasteiger partial charge is 0.328 e. The average molecular weight is 396 g/mol. The Morgan fingerprint density at radius 1 is 1.31 bits per heavy atom. The van der Waals surface area contributed by atoms with Crippen molar-refractivity contribution in [3.63, 3.8) is 0 Å². The highest BCUT2D eigenvalue weighted by molar-refractivity contribution is 6.07. The van der Waals surface area contributed by atoms with Crippen LogP contribution >= 0.6 is 0 Å². The molecule has 0 radical (unpaired) electrons. The Labute approximate surface area is 168 Å². The highest BCUT2D eigenvalue weighted by Crippen LogP contribution is 2.38. The van der Waals surface area contributed by atoms with Crippen molar-refractivity contribution >= 4 is 29.1 Å². The van der Waals surface area contributed by atoms with Crippen LogP contribution < -0.4 is 10.2 Å². The quantitative estimate of drug-likeness (QED) is 0.768. The molecule has 1 saturated carbocycles. The van der Waals surface area contributed by atoms with E-state index in [-0.39, 0.29) is 12.1 Å². The molecule has 0 unspecified atom stereocenters. The fourth-order valence-electron chi connectivity index (χ4n) is 4.03. The van der Waals surface area contributed by atoms with Gasteiger partial charge < -0.3 is 19.7 Å². The molecule has 2 fully saturated rings. The van der Waals surface area contributed by atoms with Crippen molar-refractivity contribution in [2.75, 3.05) is 37.5 Å². The molecule has 1 N–H and O–H groups in total. The van der Waals surface area contributed by atoms with E-state index < -0.39 is 6.04 Å². The summed E-state index contributed by atoms with van der Waals surface area (Å²) in [6.07, 6.45) is 6.99. The van der Waals surface area contributed by atoms with Gasteiger partial charge in [-0.15, -0.1) is 5.10 Å². The van der Waals surface area contributed by atoms with Crippen molar-refractivity contribution in [3.05, 3.63) is 30.0 Å². The molecule has 5 rings (SSSR count). The zero-order chi connectivity index (χ0) is 20.0. The van der Waals surface area contributed by atoms with Crippen LogP contribution in [0.4, 0.5) is 11.8 Å². The van der Waals surface area contributed by atoms with E-state index in [1.807, 2.05) is 23.2 Å². The summed E-state index contributed by atoms with van der Waals surface area (Å²) in [5, 5.41) is 7.97. The van der Waals surface area contributed by atoms with Crippen LogP contribution in [0.5, 0.6) is 0 Å². The van der Waals surface area contributed by atoms with Gasteiger partial charge in [0.25, 0.3) is 0 Å². The van der Waals surface area contributed by atoms with Gasteiger partial charge in [-0.1, -0.05) is 0 Å². The lowest BCUT2D eigenvalue weighted by Gasteiger charge is -2.23. The molecule has 152 valence electrons. The van der Waals surface area contributed by atoms with E-state index in [0.717, 1.165) is 17.9 Å². The second-order valence-electron chi connectivity index (χ2n) is 7.70. The maximum atomic E-state index is 12.3. The van der Waals surface area contributed by atoms with Crippen LogP contribution in [0, 0.1) is 5.92 Å². The Hall–Kier alpha value is -2.94. The number of methoxy groups -OCH3 is 2. The monoisotopic (exact) mass is 396 g/mol. The molecule has 1 aliphatic carbocycles. The highest BCUT2D eigenvalue weighted by atomic mass is 16.5. The third-order valence-electron chi connectivity index (χ3n) is 5.81. The number of aromatic nitrogens is 3. The van der Waals surface area contributed by atoms with Crippen molar-refractivity contribution in [3.8, 4) is 0 Å². The van der Waals surface area contributed by atoms with Crippen LogP contribution in [0.3, 0.4) is 0 Å². The summed E-state index contributed by atoms with van der Waals surface area (Å²) in [6, 6.07) is 3.39. The zero-order valence-electron chi connectivity index (χ0n) is 16.5. The molecule has 0 amide bonds. The van der Waals surface area contributed by atoms with Crippen molar-refractivity contribution in [1.82, 2.24) is 14.6 Å². The maximum absolute atomic E-state index is 12.3. The summed E-state index contributed by atoms with van der Waals surface area (Å²) in [6.45, 7) is 1.28. The van der Waals surface area contributed by atoms with Crippen molar-refractivity contribution in [1.29, 1.82) is 0 Å². The molecule has 0 bridgehead atoms. The van der Waals surface area contributed by atoms with Gasteiger partial charge in [-0.05, 0) is 42.5 Å². The normalized spacial score (nSPS) is 24.0. The lowest BCUT2D eigenvalue weighted by Crippen LogP contribution is -2.38. The van der Waals surface area contributed by atoms with E-state index in [0.29, 0.717) is 30.6 Å². The number of hydrogen-bond acceptors (Lipinski definition) is 8. The zero-order valence-corrected chi connectivity index (χ0v) is 16.5. The summed E-state index contributed by atoms with van der Waals surface area (Å²) in [7, 11) is 3.04. The molecule has 29 heavy (non-hydrogen) atoms. The summed E-state index contributed by atoms with van der Waals surface area (Å²) in [5.74, 6) is 2.32. The fourth-order valence-corrected chi connectivity index (χ4v) is 4.03. The minimum Gasteiger partial charge on any atom is -0.467 e. The number of rotatable bonds is 5. The van der Waals surface area contributed by atoms with Gasteiger partial charge in [0.15, 0.2) is 5.82 Å². The maximum Gasteiger partial charge on any atom is 0.328 e. The Morgan fingerprint density at radius 3 is 2.93 bits per heavy atom. The predicted molar refractivity (Wildman–Crippen MR) is 108 cm³/mol. The highest BCUT2D eigenvalue weighted by Gasteiger charge is 2.39. The van der Waals surface area contributed by atoms with Gasteiger partial charge in [0.2, 0.25) is 5.95 Å². The molecule has 3 aliphatic rings. The number of fused-ring (bicyclic) bond motifs is 1. The molecule has 0 aromatic carbocycles. The van der Waals surface area contributed by atoms with Crippen molar-refractivity contribution in [2.24, 2.45) is 10.9 Å². The molecular weight excluding hydrogens is 372 g/mol. The molecule has 2 aliphatic heterocycles. The van der Waals surface area contributed by atoms with Gasteiger partial charge in [0.05, 0.1) is 19.8 Å². The Morgan fingerprint density at radius 2 is 2.17 bits per heavy atom. The first-order valence-corrected chi connectivity index (χ1v) is 9.91. The van der Waals surface area contributed by atoms with E-state index in [2.05, 4.69) is 21.5 Å². The summed E-state index contributed by atoms with van der Waals surface area (Å²) in [5.41, 5.74) is 2.24. The molecular formula is C20H24N6O3. The van der Waals surface area contributed by atoms with Crippen LogP contribution in [0.15, 0.2) is 35.0 Å². The van der Waals surface area contributed by atoms with E-state index in [1.54, 1.807) is 11.6 Å². The van der Waals surface area contributed by atoms with E-state index in [1.165, 1.54) is 25.5 Å². The second kappa shape index (κ2) is 7.14. The summed E-state index contributed by atoms with van der Waals surface area (Å²) in [4.78, 5) is 23.5. The number of nitrogens with one attached hydrogen (secondary N) is 1. The third-order valence-corrected chi connectivity index (χ3v) is 5.81. The molecule has 9 nitrogen and oxygen atoms in total. The molecule has 4 heterocycles. The first kappa shape index (κ1) is 18.1. The van der Waals surface area contributed by atoms with Crippen LogP contribution in [0.25, 0.3) is 5.52 Å². The lowest BCUT2D eigenvalue weighted by atomic mass is 10.2. The van der Waals surface area contributed by atoms with Crippen LogP contribution in [-0.4, -0.2) is 65.9 Å². The first-order chi connectivity index (χ1) is 14.2. The number of amidine groups is 1. The number of ether oxygens (including phenoxy) is 2. The molecule has 2 aromatic rings. The second-order valence-corrected chi connectivity index (χ2v) is 7.70. The van der Waals surface area contributed by atoms with E-state index in [9.17, 15) is 4.79 Å². The summed E-state index contributed by atoms with van der Waals surface area (Å²) < 4.78 is 12.2. The summed E-state index contributed by atoms with van der Waals surface area (Å²) >= 11 is 0. The Kier molecular flexibility index (Phi) is 4.46. The van der Waals surface area contributed by atoms with Gasteiger partial charge in [-0.3, -0.25) is 4.99 Å². The molecule has 0 spiro atoms. The SMILES string of the molecule is COC(=O)[C@@H]1C[C@@H](OC)CN1c1nc(NC2=NCC(C3CC3)=C2)c2cccn2n1. The Bertz CT molecular complexity index is 1010. The average Bonchev–Trinajstić information content (AvgIpc) is 3.13. The van der Waals surface area contributed by atoms with Crippen LogP contribution in [0.1, 0.15) is 19.3 Å². The number of esters is 1. The standard InChI is InChI=1S/C20H24N6O3/c1-28-14-9-16(19(27)29-2)25(11-14)20-23-18(15-4-3-7-26(15)24-20)22-17-8-13(10-21-17)12-5-6-12/h3-4,7-8,12,14,16H,5-6,9-11H2,1-2H3,(H,21,22,23,24)/t14-,16+/m1/s1. The number of anilines is 2.